The molecule has 2 nitrogen and oxygen atoms in total. The monoisotopic (exact) mass is 190 g/mol. The minimum Gasteiger partial charge on any atom is -0.423 e. The van der Waals surface area contributed by atoms with E-state index in [1.54, 1.807) is 12.1 Å². The highest BCUT2D eigenvalue weighted by molar-refractivity contribution is 5.83. The molecule has 0 amide bonds. The third-order valence-electron chi connectivity index (χ3n) is 1.85. The summed E-state index contributed by atoms with van der Waals surface area (Å²) in [5.41, 5.74) is 1.26. The average Bonchev–Trinajstić information content (AvgIpc) is 2.21. The van der Waals surface area contributed by atoms with Crippen LogP contribution in [0.5, 0.6) is 5.75 Å². The van der Waals surface area contributed by atoms with Crippen LogP contribution in [0.3, 0.4) is 0 Å². The minimum atomic E-state index is -0.423. The first kappa shape index (κ1) is 10.5. The molecule has 0 radical (unpaired) electrons. The van der Waals surface area contributed by atoms with Crippen LogP contribution in [0, 0.1) is 0 Å². The molecule has 0 N–H and O–H groups in total. The number of carbonyl (C=O) groups is 1. The van der Waals surface area contributed by atoms with Crippen molar-refractivity contribution in [3.63, 3.8) is 0 Å². The van der Waals surface area contributed by atoms with Gasteiger partial charge >= 0.3 is 5.97 Å². The molecule has 0 saturated heterocycles. The first-order valence-electron chi connectivity index (χ1n) is 4.69. The van der Waals surface area contributed by atoms with Gasteiger partial charge in [0, 0.05) is 6.08 Å². The molecule has 0 aromatic heterocycles. The summed E-state index contributed by atoms with van der Waals surface area (Å²) in [6, 6.07) is 7.53. The molecule has 0 heterocycles. The molecule has 0 aliphatic heterocycles. The van der Waals surface area contributed by atoms with Crippen molar-refractivity contribution in [1.29, 1.82) is 0 Å². The van der Waals surface area contributed by atoms with E-state index in [4.69, 9.17) is 4.74 Å². The summed E-state index contributed by atoms with van der Waals surface area (Å²) in [6.07, 6.45) is 3.32. The molecular weight excluding hydrogens is 176 g/mol. The lowest BCUT2D eigenvalue weighted by Crippen LogP contribution is -2.02. The smallest absolute Gasteiger partial charge is 0.335 e. The summed E-state index contributed by atoms with van der Waals surface area (Å²) < 4.78 is 4.94. The largest absolute Gasteiger partial charge is 0.423 e. The first-order valence-corrected chi connectivity index (χ1v) is 4.69. The summed E-state index contributed by atoms with van der Waals surface area (Å²) in [5.74, 6) is 0.142. The fourth-order valence-corrected chi connectivity index (χ4v) is 1.17. The first-order chi connectivity index (χ1) is 6.76. The maximum atomic E-state index is 10.9. The normalized spacial score (nSPS) is 9.50. The Morgan fingerprint density at radius 2 is 2.07 bits per heavy atom. The van der Waals surface area contributed by atoms with E-state index in [0.29, 0.717) is 5.75 Å². The molecule has 1 aromatic carbocycles. The Hall–Kier alpha value is -1.57. The van der Waals surface area contributed by atoms with Gasteiger partial charge in [0.05, 0.1) is 0 Å². The van der Waals surface area contributed by atoms with Gasteiger partial charge in [0.25, 0.3) is 0 Å². The Bertz CT molecular complexity index is 312. The van der Waals surface area contributed by atoms with Crippen molar-refractivity contribution in [3.8, 4) is 5.75 Å². The second-order valence-corrected chi connectivity index (χ2v) is 3.02. The van der Waals surface area contributed by atoms with Gasteiger partial charge in [-0.1, -0.05) is 32.1 Å². The fourth-order valence-electron chi connectivity index (χ4n) is 1.17. The maximum absolute atomic E-state index is 10.9. The van der Waals surface area contributed by atoms with Crippen molar-refractivity contribution in [2.45, 2.75) is 19.8 Å². The highest BCUT2D eigenvalue weighted by Gasteiger charge is 1.98. The number of carbonyl (C=O) groups excluding carboxylic acids is 1. The SMILES string of the molecule is C=CC(=O)Oc1ccc(CCC)cc1. The van der Waals surface area contributed by atoms with Gasteiger partial charge in [-0.2, -0.15) is 0 Å². The molecule has 1 rings (SSSR count). The van der Waals surface area contributed by atoms with Crippen molar-refractivity contribution in [2.24, 2.45) is 0 Å². The number of hydrogen-bond donors (Lipinski definition) is 0. The fraction of sp³-hybridized carbons (Fsp3) is 0.250. The molecule has 1 aromatic rings. The van der Waals surface area contributed by atoms with Gasteiger partial charge in [-0.15, -0.1) is 0 Å². The van der Waals surface area contributed by atoms with Gasteiger partial charge in [0.1, 0.15) is 5.75 Å². The van der Waals surface area contributed by atoms with Gasteiger partial charge in [0.15, 0.2) is 0 Å². The third kappa shape index (κ3) is 3.05. The predicted octanol–water partition coefficient (Wildman–Crippen LogP) is 2.73. The molecule has 14 heavy (non-hydrogen) atoms. The molecule has 0 aliphatic rings. The zero-order chi connectivity index (χ0) is 10.4. The third-order valence-corrected chi connectivity index (χ3v) is 1.85. The van der Waals surface area contributed by atoms with E-state index >= 15 is 0 Å². The molecule has 0 aliphatic carbocycles. The van der Waals surface area contributed by atoms with Crippen molar-refractivity contribution in [3.05, 3.63) is 42.5 Å². The summed E-state index contributed by atoms with van der Waals surface area (Å²) in [6.45, 7) is 5.46. The Morgan fingerprint density at radius 1 is 1.43 bits per heavy atom. The van der Waals surface area contributed by atoms with Gasteiger partial charge in [0.2, 0.25) is 0 Å². The van der Waals surface area contributed by atoms with Crippen molar-refractivity contribution in [2.75, 3.05) is 0 Å². The molecule has 0 spiro atoms. The molecule has 0 atom stereocenters. The summed E-state index contributed by atoms with van der Waals surface area (Å²) in [7, 11) is 0. The molecule has 0 fully saturated rings. The zero-order valence-corrected chi connectivity index (χ0v) is 8.32. The Kier molecular flexibility index (Phi) is 3.92. The summed E-state index contributed by atoms with van der Waals surface area (Å²) in [5, 5.41) is 0. The lowest BCUT2D eigenvalue weighted by atomic mass is 10.1. The van der Waals surface area contributed by atoms with Gasteiger partial charge in [-0.05, 0) is 24.1 Å². The van der Waals surface area contributed by atoms with E-state index in [1.165, 1.54) is 5.56 Å². The van der Waals surface area contributed by atoms with Crippen LogP contribution in [0.25, 0.3) is 0 Å². The quantitative estimate of drug-likeness (QED) is 0.414. The summed E-state index contributed by atoms with van der Waals surface area (Å²) >= 11 is 0. The number of rotatable bonds is 4. The van der Waals surface area contributed by atoms with Crippen LogP contribution >= 0.6 is 0 Å². The van der Waals surface area contributed by atoms with Crippen LogP contribution < -0.4 is 4.74 Å². The number of benzene rings is 1. The summed E-state index contributed by atoms with van der Waals surface area (Å²) in [4.78, 5) is 10.9. The number of ether oxygens (including phenoxy) is 1. The lowest BCUT2D eigenvalue weighted by Gasteiger charge is -2.02. The molecule has 0 unspecified atom stereocenters. The maximum Gasteiger partial charge on any atom is 0.335 e. The average molecular weight is 190 g/mol. The van der Waals surface area contributed by atoms with Crippen LogP contribution in [-0.2, 0) is 11.2 Å². The number of aryl methyl sites for hydroxylation is 1. The zero-order valence-electron chi connectivity index (χ0n) is 8.32. The minimum absolute atomic E-state index is 0.423. The second kappa shape index (κ2) is 5.22. The van der Waals surface area contributed by atoms with E-state index in [2.05, 4.69) is 13.5 Å². The molecule has 0 saturated carbocycles. The standard InChI is InChI=1S/C12H14O2/c1-3-5-10-6-8-11(9-7-10)14-12(13)4-2/h4,6-9H,2-3,5H2,1H3. The molecule has 74 valence electrons. The van der Waals surface area contributed by atoms with Gasteiger partial charge in [-0.3, -0.25) is 0 Å². The van der Waals surface area contributed by atoms with Crippen LogP contribution in [-0.4, -0.2) is 5.97 Å². The van der Waals surface area contributed by atoms with Crippen LogP contribution in [0.2, 0.25) is 0 Å². The van der Waals surface area contributed by atoms with Crippen LogP contribution in [0.15, 0.2) is 36.9 Å². The van der Waals surface area contributed by atoms with Gasteiger partial charge < -0.3 is 4.74 Å². The van der Waals surface area contributed by atoms with E-state index < -0.39 is 5.97 Å². The lowest BCUT2D eigenvalue weighted by molar-refractivity contribution is -0.128. The van der Waals surface area contributed by atoms with E-state index in [0.717, 1.165) is 18.9 Å². The van der Waals surface area contributed by atoms with E-state index in [1.807, 2.05) is 12.1 Å². The number of esters is 1. The highest BCUT2D eigenvalue weighted by Crippen LogP contribution is 2.13. The number of hydrogen-bond acceptors (Lipinski definition) is 2. The Labute approximate surface area is 84.2 Å². The Balaban J connectivity index is 2.63. The Morgan fingerprint density at radius 3 is 2.57 bits per heavy atom. The van der Waals surface area contributed by atoms with Gasteiger partial charge in [-0.25, -0.2) is 4.79 Å². The van der Waals surface area contributed by atoms with Crippen molar-refractivity contribution < 1.29 is 9.53 Å². The molecule has 0 bridgehead atoms. The topological polar surface area (TPSA) is 26.3 Å². The van der Waals surface area contributed by atoms with Crippen LogP contribution in [0.4, 0.5) is 0 Å². The predicted molar refractivity (Wildman–Crippen MR) is 56.3 cm³/mol. The van der Waals surface area contributed by atoms with E-state index in [9.17, 15) is 4.79 Å². The molecular formula is C12H14O2. The van der Waals surface area contributed by atoms with E-state index in [-0.39, 0.29) is 0 Å². The second-order valence-electron chi connectivity index (χ2n) is 3.02. The van der Waals surface area contributed by atoms with Crippen molar-refractivity contribution >= 4 is 5.97 Å². The molecule has 2 heteroatoms. The van der Waals surface area contributed by atoms with Crippen molar-refractivity contribution in [1.82, 2.24) is 0 Å². The van der Waals surface area contributed by atoms with Crippen LogP contribution in [0.1, 0.15) is 18.9 Å². The highest BCUT2D eigenvalue weighted by atomic mass is 16.5.